The van der Waals surface area contributed by atoms with E-state index in [4.69, 9.17) is 9.47 Å². The molecule has 0 fully saturated rings. The van der Waals surface area contributed by atoms with Crippen LogP contribution < -0.4 is 0 Å². The second kappa shape index (κ2) is 10.1. The van der Waals surface area contributed by atoms with Crippen molar-refractivity contribution >= 4 is 23.3 Å². The first kappa shape index (κ1) is 20.1. The van der Waals surface area contributed by atoms with Gasteiger partial charge in [0.15, 0.2) is 0 Å². The van der Waals surface area contributed by atoms with E-state index in [1.807, 2.05) is 48.5 Å². The van der Waals surface area contributed by atoms with Crippen LogP contribution in [0.15, 0.2) is 60.7 Å². The Kier molecular flexibility index (Phi) is 7.49. The molecule has 0 unspecified atom stereocenters. The molecule has 27 heavy (non-hydrogen) atoms. The molecule has 0 heterocycles. The first-order valence-corrected chi connectivity index (χ1v) is 8.79. The molecule has 0 bridgehead atoms. The molecule has 0 aliphatic rings. The Morgan fingerprint density at radius 2 is 1.44 bits per heavy atom. The molecule has 140 valence electrons. The van der Waals surface area contributed by atoms with Gasteiger partial charge >= 0.3 is 11.9 Å². The van der Waals surface area contributed by atoms with Gasteiger partial charge in [-0.05, 0) is 36.6 Å². The third-order valence-electron chi connectivity index (χ3n) is 3.77. The van der Waals surface area contributed by atoms with Crippen LogP contribution in [-0.2, 0) is 23.9 Å². The molecular formula is C22H22O5. The van der Waals surface area contributed by atoms with E-state index >= 15 is 0 Å². The second-order valence-electron chi connectivity index (χ2n) is 5.63. The van der Waals surface area contributed by atoms with Crippen molar-refractivity contribution in [2.24, 2.45) is 0 Å². The molecular weight excluding hydrogens is 344 g/mol. The topological polar surface area (TPSA) is 69.7 Å². The normalized spacial score (nSPS) is 11.0. The fourth-order valence-electron chi connectivity index (χ4n) is 2.51. The van der Waals surface area contributed by atoms with Crippen molar-refractivity contribution in [1.29, 1.82) is 0 Å². The lowest BCUT2D eigenvalue weighted by Gasteiger charge is -2.10. The number of Topliss-reactive ketones (excluding diaryl/α,β-unsaturated/α-hetero) is 1. The van der Waals surface area contributed by atoms with Crippen molar-refractivity contribution in [2.75, 3.05) is 13.2 Å². The molecule has 0 radical (unpaired) electrons. The minimum Gasteiger partial charge on any atom is -0.462 e. The molecule has 0 saturated heterocycles. The molecule has 0 aromatic heterocycles. The summed E-state index contributed by atoms with van der Waals surface area (Å²) in [5, 5.41) is 0. The maximum atomic E-state index is 12.4. The highest BCUT2D eigenvalue weighted by molar-refractivity contribution is 6.34. The number of ether oxygens (including phenoxy) is 2. The zero-order valence-electron chi connectivity index (χ0n) is 15.4. The largest absolute Gasteiger partial charge is 0.462 e. The van der Waals surface area contributed by atoms with E-state index in [-0.39, 0.29) is 25.2 Å². The van der Waals surface area contributed by atoms with Crippen LogP contribution in [-0.4, -0.2) is 30.9 Å². The summed E-state index contributed by atoms with van der Waals surface area (Å²) in [6, 6.07) is 17.1. The zero-order chi connectivity index (χ0) is 19.6. The summed E-state index contributed by atoms with van der Waals surface area (Å²) >= 11 is 0. The number of benzene rings is 2. The highest BCUT2D eigenvalue weighted by Crippen LogP contribution is 2.25. The summed E-state index contributed by atoms with van der Waals surface area (Å²) in [5.41, 5.74) is 2.80. The molecule has 0 spiro atoms. The molecule has 2 aromatic carbocycles. The Bertz CT molecular complexity index is 837. The lowest BCUT2D eigenvalue weighted by Crippen LogP contribution is -2.17. The molecule has 0 aliphatic carbocycles. The number of esters is 2. The fourth-order valence-corrected chi connectivity index (χ4v) is 2.51. The average molecular weight is 366 g/mol. The first-order valence-electron chi connectivity index (χ1n) is 8.79. The van der Waals surface area contributed by atoms with E-state index in [9.17, 15) is 14.4 Å². The van der Waals surface area contributed by atoms with E-state index in [1.54, 1.807) is 19.9 Å². The van der Waals surface area contributed by atoms with Crippen LogP contribution in [0.25, 0.3) is 16.7 Å². The van der Waals surface area contributed by atoms with Gasteiger partial charge in [-0.15, -0.1) is 0 Å². The average Bonchev–Trinajstić information content (AvgIpc) is 2.69. The Labute approximate surface area is 158 Å². The molecule has 0 saturated carbocycles. The van der Waals surface area contributed by atoms with Crippen LogP contribution in [0.3, 0.4) is 0 Å². The smallest absolute Gasteiger partial charge is 0.374 e. The molecule has 0 N–H and O–H groups in total. The van der Waals surface area contributed by atoms with Crippen LogP contribution in [0.4, 0.5) is 0 Å². The minimum atomic E-state index is -0.907. The van der Waals surface area contributed by atoms with Crippen LogP contribution >= 0.6 is 0 Å². The van der Waals surface area contributed by atoms with Gasteiger partial charge < -0.3 is 9.47 Å². The summed E-state index contributed by atoms with van der Waals surface area (Å²) in [6.07, 6.45) is 1.18. The number of allylic oxidation sites excluding steroid dienone is 1. The fraction of sp³-hybridized carbons (Fsp3) is 0.227. The van der Waals surface area contributed by atoms with Gasteiger partial charge in [-0.2, -0.15) is 0 Å². The van der Waals surface area contributed by atoms with Crippen LogP contribution in [0.1, 0.15) is 25.8 Å². The highest BCUT2D eigenvalue weighted by atomic mass is 16.5. The maximum Gasteiger partial charge on any atom is 0.374 e. The summed E-state index contributed by atoms with van der Waals surface area (Å²) in [4.78, 5) is 35.8. The molecule has 2 rings (SSSR count). The Morgan fingerprint density at radius 3 is 2.11 bits per heavy atom. The highest BCUT2D eigenvalue weighted by Gasteiger charge is 2.18. The molecule has 5 nitrogen and oxygen atoms in total. The number of ketones is 1. The van der Waals surface area contributed by atoms with Gasteiger partial charge in [0.1, 0.15) is 0 Å². The number of carbonyl (C=O) groups excluding carboxylic acids is 3. The maximum absolute atomic E-state index is 12.4. The first-order chi connectivity index (χ1) is 13.1. The zero-order valence-corrected chi connectivity index (χ0v) is 15.4. The third-order valence-corrected chi connectivity index (χ3v) is 3.77. The summed E-state index contributed by atoms with van der Waals surface area (Å²) in [7, 11) is 0. The monoisotopic (exact) mass is 366 g/mol. The van der Waals surface area contributed by atoms with Gasteiger partial charge in [0, 0.05) is 6.42 Å². The SMILES string of the molecule is CCOC(=O)C(=O)CC=C(C(=O)OCC)c1cccc(-c2ccccc2)c1. The van der Waals surface area contributed by atoms with Crippen molar-refractivity contribution in [2.45, 2.75) is 20.3 Å². The Balaban J connectivity index is 2.34. The van der Waals surface area contributed by atoms with E-state index in [0.717, 1.165) is 11.1 Å². The second-order valence-corrected chi connectivity index (χ2v) is 5.63. The third kappa shape index (κ3) is 5.64. The molecule has 5 heteroatoms. The van der Waals surface area contributed by atoms with Gasteiger partial charge in [0.05, 0.1) is 18.8 Å². The number of carbonyl (C=O) groups is 3. The Hall–Kier alpha value is -3.21. The number of hydrogen-bond acceptors (Lipinski definition) is 5. The van der Waals surface area contributed by atoms with Crippen molar-refractivity contribution in [3.05, 3.63) is 66.2 Å². The molecule has 0 amide bonds. The predicted octanol–water partition coefficient (Wildman–Crippen LogP) is 3.82. The predicted molar refractivity (Wildman–Crippen MR) is 103 cm³/mol. The van der Waals surface area contributed by atoms with Gasteiger partial charge in [-0.3, -0.25) is 4.79 Å². The van der Waals surface area contributed by atoms with Crippen molar-refractivity contribution < 1.29 is 23.9 Å². The summed E-state index contributed by atoms with van der Waals surface area (Å²) in [5.74, 6) is -2.16. The molecule has 2 aromatic rings. The van der Waals surface area contributed by atoms with Gasteiger partial charge in [-0.25, -0.2) is 9.59 Å². The Morgan fingerprint density at radius 1 is 0.815 bits per heavy atom. The van der Waals surface area contributed by atoms with Gasteiger partial charge in [-0.1, -0.05) is 54.6 Å². The van der Waals surface area contributed by atoms with Crippen LogP contribution in [0.5, 0.6) is 0 Å². The number of rotatable bonds is 8. The van der Waals surface area contributed by atoms with E-state index in [1.165, 1.54) is 6.08 Å². The standard InChI is InChI=1S/C22H22O5/c1-3-26-21(24)19(13-14-20(23)22(25)27-4-2)18-12-8-11-17(15-18)16-9-6-5-7-10-16/h5-13,15H,3-4,14H2,1-2H3. The van der Waals surface area contributed by atoms with Crippen molar-refractivity contribution in [3.63, 3.8) is 0 Å². The molecule has 0 aliphatic heterocycles. The van der Waals surface area contributed by atoms with E-state index < -0.39 is 17.7 Å². The quantitative estimate of drug-likeness (QED) is 0.403. The van der Waals surface area contributed by atoms with Crippen molar-refractivity contribution in [1.82, 2.24) is 0 Å². The number of hydrogen-bond donors (Lipinski definition) is 0. The lowest BCUT2D eigenvalue weighted by atomic mass is 9.98. The van der Waals surface area contributed by atoms with Crippen LogP contribution in [0.2, 0.25) is 0 Å². The van der Waals surface area contributed by atoms with E-state index in [0.29, 0.717) is 5.56 Å². The summed E-state index contributed by atoms with van der Waals surface area (Å²) in [6.45, 7) is 3.67. The van der Waals surface area contributed by atoms with Gasteiger partial charge in [0.2, 0.25) is 5.78 Å². The summed E-state index contributed by atoms with van der Waals surface area (Å²) < 4.78 is 9.80. The molecule has 0 atom stereocenters. The minimum absolute atomic E-state index is 0.123. The van der Waals surface area contributed by atoms with E-state index in [2.05, 4.69) is 0 Å². The van der Waals surface area contributed by atoms with Crippen molar-refractivity contribution in [3.8, 4) is 11.1 Å². The lowest BCUT2D eigenvalue weighted by molar-refractivity contribution is -0.153. The van der Waals surface area contributed by atoms with Crippen LogP contribution in [0, 0.1) is 0 Å². The van der Waals surface area contributed by atoms with Gasteiger partial charge in [0.25, 0.3) is 0 Å².